The molecule has 1 amide bonds. The van der Waals surface area contributed by atoms with Crippen LogP contribution in [0.2, 0.25) is 0 Å². The maximum atomic E-state index is 12.8. The van der Waals surface area contributed by atoms with E-state index in [1.165, 1.54) is 64.2 Å². The number of carbonyl (C=O) groups is 1. The number of amides is 1. The van der Waals surface area contributed by atoms with E-state index in [1.54, 1.807) is 0 Å². The fourth-order valence-corrected chi connectivity index (χ4v) is 6.09. The van der Waals surface area contributed by atoms with Gasteiger partial charge in [-0.3, -0.25) is 13.8 Å². The number of nitrogens with zero attached hydrogens (tertiary/aromatic N) is 1. The summed E-state index contributed by atoms with van der Waals surface area (Å²) in [7, 11) is 1.40. The Morgan fingerprint density at radius 1 is 0.735 bits per heavy atom. The summed E-state index contributed by atoms with van der Waals surface area (Å²) in [5.74, 6) is -0.277. The normalized spacial score (nSPS) is 15.7. The Bertz CT molecular complexity index is 920. The van der Waals surface area contributed by atoms with Crippen molar-refractivity contribution in [1.29, 1.82) is 0 Å². The number of hydrogen-bond acceptors (Lipinski definition) is 6. The number of hydrogen-bond donors (Lipinski definition) is 4. The van der Waals surface area contributed by atoms with Gasteiger partial charge in [0.25, 0.3) is 0 Å². The first-order valence-corrected chi connectivity index (χ1v) is 20.9. The summed E-state index contributed by atoms with van der Waals surface area (Å²) in [6.45, 7) is 4.33. The molecule has 0 fully saturated rings. The van der Waals surface area contributed by atoms with Crippen LogP contribution in [-0.2, 0) is 18.4 Å². The Balaban J connectivity index is 4.67. The van der Waals surface area contributed by atoms with Gasteiger partial charge < -0.3 is 24.9 Å². The van der Waals surface area contributed by atoms with Gasteiger partial charge in [0.15, 0.2) is 0 Å². The molecule has 0 spiro atoms. The lowest BCUT2D eigenvalue weighted by molar-refractivity contribution is -0.870. The Morgan fingerprint density at radius 2 is 1.22 bits per heavy atom. The highest BCUT2D eigenvalue weighted by atomic mass is 31.2. The summed E-state index contributed by atoms with van der Waals surface area (Å²) in [5.41, 5.74) is 0. The van der Waals surface area contributed by atoms with Crippen LogP contribution in [0, 0.1) is 0 Å². The van der Waals surface area contributed by atoms with Gasteiger partial charge in [0.1, 0.15) is 19.3 Å². The lowest BCUT2D eigenvalue weighted by Crippen LogP contribution is -2.51. The largest absolute Gasteiger partial charge is 0.472 e. The van der Waals surface area contributed by atoms with Gasteiger partial charge in [0, 0.05) is 6.42 Å². The fourth-order valence-electron chi connectivity index (χ4n) is 5.36. The predicted molar refractivity (Wildman–Crippen MR) is 204 cm³/mol. The summed E-state index contributed by atoms with van der Waals surface area (Å²) >= 11 is 0. The van der Waals surface area contributed by atoms with Crippen LogP contribution in [0.25, 0.3) is 0 Å². The number of allylic oxidation sites excluding steroid dienone is 6. The zero-order valence-corrected chi connectivity index (χ0v) is 32.9. The molecule has 0 aliphatic rings. The number of unbranched alkanes of at least 4 members (excludes halogenated alkanes) is 15. The molecule has 0 heterocycles. The van der Waals surface area contributed by atoms with E-state index in [9.17, 15) is 24.5 Å². The summed E-state index contributed by atoms with van der Waals surface area (Å²) in [5, 5.41) is 24.5. The first kappa shape index (κ1) is 47.7. The first-order valence-electron chi connectivity index (χ1n) is 19.4. The van der Waals surface area contributed by atoms with Gasteiger partial charge in [-0.25, -0.2) is 4.57 Å². The third-order valence-corrected chi connectivity index (χ3v) is 9.52. The molecule has 288 valence electrons. The highest BCUT2D eigenvalue weighted by Crippen LogP contribution is 2.43. The predicted octanol–water partition coefficient (Wildman–Crippen LogP) is 8.93. The summed E-state index contributed by atoms with van der Waals surface area (Å²) in [6, 6.07) is -1.05. The molecular weight excluding hydrogens is 639 g/mol. The zero-order chi connectivity index (χ0) is 36.6. The molecule has 0 aromatic carbocycles. The maximum Gasteiger partial charge on any atom is 0.472 e. The number of likely N-dealkylation sites (N-methyl/N-ethyl adjacent to an activating group) is 1. The van der Waals surface area contributed by atoms with Crippen molar-refractivity contribution in [2.24, 2.45) is 0 Å². The maximum absolute atomic E-state index is 12.8. The second-order valence-electron chi connectivity index (χ2n) is 14.4. The summed E-state index contributed by atoms with van der Waals surface area (Å²) in [6.07, 6.45) is 32.2. The SMILES string of the molecule is C/C=C/CC/C=C/CC/C=C/CCCC(O)C(O)C(COP(=O)(O)OCC[N+](C)(C)C)NC(=O)CCCCCCCCCCCCCCC. The van der Waals surface area contributed by atoms with Gasteiger partial charge in [0.2, 0.25) is 5.91 Å². The monoisotopic (exact) mass is 716 g/mol. The first-order chi connectivity index (χ1) is 23.4. The molecule has 9 nitrogen and oxygen atoms in total. The van der Waals surface area contributed by atoms with Gasteiger partial charge in [-0.05, 0) is 58.3 Å². The Kier molecular flexibility index (Phi) is 30.6. The van der Waals surface area contributed by atoms with Gasteiger partial charge in [-0.1, -0.05) is 120 Å². The van der Waals surface area contributed by atoms with Crippen molar-refractivity contribution in [2.75, 3.05) is 40.9 Å². The highest BCUT2D eigenvalue weighted by Gasteiger charge is 2.31. The van der Waals surface area contributed by atoms with E-state index in [0.29, 0.717) is 23.9 Å². The number of aliphatic hydroxyl groups excluding tert-OH is 2. The van der Waals surface area contributed by atoms with Gasteiger partial charge in [0.05, 0.1) is 39.9 Å². The van der Waals surface area contributed by atoms with Gasteiger partial charge in [-0.15, -0.1) is 0 Å². The van der Waals surface area contributed by atoms with Gasteiger partial charge >= 0.3 is 7.82 Å². The van der Waals surface area contributed by atoms with Crippen molar-refractivity contribution in [3.63, 3.8) is 0 Å². The number of phosphoric ester groups is 1. The van der Waals surface area contributed by atoms with E-state index in [0.717, 1.165) is 51.4 Å². The number of aliphatic hydroxyl groups is 2. The average Bonchev–Trinajstić information content (AvgIpc) is 3.04. The third-order valence-electron chi connectivity index (χ3n) is 8.53. The van der Waals surface area contributed by atoms with E-state index in [4.69, 9.17) is 9.05 Å². The second-order valence-corrected chi connectivity index (χ2v) is 15.9. The molecule has 0 radical (unpaired) electrons. The molecule has 4 atom stereocenters. The Morgan fingerprint density at radius 3 is 1.73 bits per heavy atom. The number of carbonyl (C=O) groups excluding carboxylic acids is 1. The van der Waals surface area contributed by atoms with Crippen LogP contribution in [0.15, 0.2) is 36.5 Å². The van der Waals surface area contributed by atoms with Crippen LogP contribution < -0.4 is 5.32 Å². The number of nitrogens with one attached hydrogen (secondary N) is 1. The quantitative estimate of drug-likeness (QED) is 0.0227. The van der Waals surface area contributed by atoms with Crippen LogP contribution in [0.3, 0.4) is 0 Å². The standard InChI is InChI=1S/C39H75N2O7P/c1-6-8-10-12-14-16-18-20-22-24-26-28-30-32-38(43)40-36(35-48-49(45,46)47-34-33-41(3,4)5)39(44)37(42)31-29-27-25-23-21-19-17-15-13-11-9-7-2/h7,9,15,17,23,25,36-37,39,42,44H,6,8,10-14,16,18-22,24,26-35H2,1-5H3,(H-,40,43,45,46)/p+1/b9-7+,17-15+,25-23+. The van der Waals surface area contributed by atoms with Crippen molar-refractivity contribution in [2.45, 2.75) is 167 Å². The molecule has 0 aromatic heterocycles. The van der Waals surface area contributed by atoms with Crippen LogP contribution in [0.4, 0.5) is 0 Å². The molecule has 0 aliphatic heterocycles. The molecule has 10 heteroatoms. The minimum absolute atomic E-state index is 0.0128. The minimum Gasteiger partial charge on any atom is -0.390 e. The van der Waals surface area contributed by atoms with E-state index >= 15 is 0 Å². The average molecular weight is 716 g/mol. The second kappa shape index (κ2) is 31.4. The molecule has 0 saturated heterocycles. The molecule has 49 heavy (non-hydrogen) atoms. The summed E-state index contributed by atoms with van der Waals surface area (Å²) < 4.78 is 23.4. The minimum atomic E-state index is -4.42. The topological polar surface area (TPSA) is 125 Å². The Hall–Kier alpha value is -1.32. The lowest BCUT2D eigenvalue weighted by Gasteiger charge is -2.28. The van der Waals surface area contributed by atoms with E-state index in [1.807, 2.05) is 28.1 Å². The van der Waals surface area contributed by atoms with Crippen molar-refractivity contribution in [3.05, 3.63) is 36.5 Å². The van der Waals surface area contributed by atoms with Crippen LogP contribution in [0.1, 0.15) is 149 Å². The fraction of sp³-hybridized carbons (Fsp3) is 0.821. The van der Waals surface area contributed by atoms with E-state index in [-0.39, 0.29) is 18.9 Å². The van der Waals surface area contributed by atoms with E-state index < -0.39 is 32.7 Å². The van der Waals surface area contributed by atoms with Crippen molar-refractivity contribution in [1.82, 2.24) is 5.32 Å². The Labute approximate surface area is 300 Å². The van der Waals surface area contributed by atoms with Crippen LogP contribution >= 0.6 is 7.82 Å². The van der Waals surface area contributed by atoms with Crippen LogP contribution in [-0.4, -0.2) is 84.6 Å². The molecule has 0 rings (SSSR count). The van der Waals surface area contributed by atoms with Crippen molar-refractivity contribution in [3.8, 4) is 0 Å². The lowest BCUT2D eigenvalue weighted by atomic mass is 10.0. The number of quaternary nitrogens is 1. The number of phosphoric acid groups is 1. The third kappa shape index (κ3) is 32.3. The highest BCUT2D eigenvalue weighted by molar-refractivity contribution is 7.47. The van der Waals surface area contributed by atoms with Crippen molar-refractivity contribution < 1.29 is 38.0 Å². The molecule has 0 aliphatic carbocycles. The molecule has 4 unspecified atom stereocenters. The molecule has 0 bridgehead atoms. The van der Waals surface area contributed by atoms with E-state index in [2.05, 4.69) is 48.7 Å². The number of rotatable bonds is 34. The molecule has 0 aromatic rings. The van der Waals surface area contributed by atoms with Crippen LogP contribution in [0.5, 0.6) is 0 Å². The van der Waals surface area contributed by atoms with Gasteiger partial charge in [-0.2, -0.15) is 0 Å². The smallest absolute Gasteiger partial charge is 0.390 e. The summed E-state index contributed by atoms with van der Waals surface area (Å²) in [4.78, 5) is 23.0. The molecular formula is C39H76N2O7P+. The zero-order valence-electron chi connectivity index (χ0n) is 32.0. The molecule has 0 saturated carbocycles. The van der Waals surface area contributed by atoms with Crippen molar-refractivity contribution >= 4 is 13.7 Å². The molecule has 4 N–H and O–H groups in total.